The monoisotopic (exact) mass is 903 g/mol. The topological polar surface area (TPSA) is 185 Å². The van der Waals surface area contributed by atoms with Gasteiger partial charge >= 0.3 is 12.3 Å². The van der Waals surface area contributed by atoms with E-state index in [2.05, 4.69) is 10.3 Å². The minimum atomic E-state index is -4.95. The lowest BCUT2D eigenvalue weighted by Crippen LogP contribution is -2.66. The molecule has 0 radical (unpaired) electrons. The molecule has 1 aromatic carbocycles. The Kier molecular flexibility index (Phi) is 12.3. The minimum absolute atomic E-state index is 0.0163. The summed E-state index contributed by atoms with van der Waals surface area (Å²) >= 11 is 0. The number of nitrogens with one attached hydrogen (secondary N) is 2. The quantitative estimate of drug-likeness (QED) is 0.183. The molecule has 62 heavy (non-hydrogen) atoms. The number of hydrogen-bond acceptors (Lipinski definition) is 9. The second-order valence-electron chi connectivity index (χ2n) is 17.8. The number of halogens is 6. The molecule has 2 aliphatic heterocycles. The second-order valence-corrected chi connectivity index (χ2v) is 19.8. The molecule has 1 saturated heterocycles. The van der Waals surface area contributed by atoms with Gasteiger partial charge in [-0.3, -0.25) is 24.0 Å². The minimum Gasteiger partial charge on any atom is -0.497 e. The highest BCUT2D eigenvalue weighted by molar-refractivity contribution is 7.91. The van der Waals surface area contributed by atoms with Crippen LogP contribution in [0, 0.1) is 17.8 Å². The number of rotatable bonds is 10. The zero-order chi connectivity index (χ0) is 46.0. The molecule has 0 spiro atoms. The van der Waals surface area contributed by atoms with Crippen LogP contribution in [0.5, 0.6) is 11.6 Å². The Balaban J connectivity index is 1.45. The van der Waals surface area contributed by atoms with Crippen molar-refractivity contribution in [1.82, 2.24) is 24.8 Å². The number of methoxy groups -OCH3 is 1. The molecule has 4 amide bonds. The third-order valence-corrected chi connectivity index (χ3v) is 15.1. The molecule has 1 aromatic heterocycles. The van der Waals surface area contributed by atoms with Crippen molar-refractivity contribution in [2.45, 2.75) is 126 Å². The van der Waals surface area contributed by atoms with Crippen molar-refractivity contribution in [2.75, 3.05) is 20.3 Å². The summed E-state index contributed by atoms with van der Waals surface area (Å²) in [6.07, 6.45) is -4.43. The third kappa shape index (κ3) is 8.73. The lowest BCUT2D eigenvalue weighted by Gasteiger charge is -2.47. The van der Waals surface area contributed by atoms with Gasteiger partial charge in [-0.25, -0.2) is 31.4 Å². The molecule has 3 heterocycles. The average Bonchev–Trinajstić information content (AvgIpc) is 4.08. The van der Waals surface area contributed by atoms with Gasteiger partial charge in [0, 0.05) is 24.6 Å². The Morgan fingerprint density at radius 2 is 1.76 bits per heavy atom. The number of alkyl halides is 6. The average molecular weight is 904 g/mol. The van der Waals surface area contributed by atoms with Crippen LogP contribution in [-0.2, 0) is 30.6 Å². The number of sulfonamides is 1. The number of pyridine rings is 1. The number of amides is 4. The van der Waals surface area contributed by atoms with Crippen LogP contribution < -0.4 is 19.5 Å². The van der Waals surface area contributed by atoms with E-state index in [4.69, 9.17) is 9.47 Å². The molecule has 21 heteroatoms. The van der Waals surface area contributed by atoms with E-state index < -0.39 is 123 Å². The van der Waals surface area contributed by atoms with Gasteiger partial charge in [-0.15, -0.1) is 0 Å². The van der Waals surface area contributed by atoms with Gasteiger partial charge in [0.25, 0.3) is 11.8 Å². The van der Waals surface area contributed by atoms with Crippen molar-refractivity contribution in [2.24, 2.45) is 17.8 Å². The maximum absolute atomic E-state index is 15.4. The van der Waals surface area contributed by atoms with Crippen molar-refractivity contribution in [3.63, 3.8) is 0 Å². The van der Waals surface area contributed by atoms with Crippen LogP contribution >= 0.6 is 0 Å². The summed E-state index contributed by atoms with van der Waals surface area (Å²) in [4.78, 5) is 61.8. The summed E-state index contributed by atoms with van der Waals surface area (Å²) in [6, 6.07) is 1.42. The van der Waals surface area contributed by atoms with Gasteiger partial charge in [-0.05, 0) is 93.9 Å². The molecule has 7 atom stereocenters. The van der Waals surface area contributed by atoms with E-state index in [0.717, 1.165) is 24.8 Å². The molecule has 2 aliphatic carbocycles. The number of hydrogen-bond donors (Lipinski definition) is 3. The maximum Gasteiger partial charge on any atom is 0.433 e. The molecular weight excluding hydrogens is 853 g/mol. The number of carbonyl (C=O) groups is 4. The van der Waals surface area contributed by atoms with Gasteiger partial charge in [-0.1, -0.05) is 26.0 Å². The number of nitrogens with zero attached hydrogens (tertiary/aromatic N) is 3. The summed E-state index contributed by atoms with van der Waals surface area (Å²) in [7, 11) is -3.25. The van der Waals surface area contributed by atoms with Crippen molar-refractivity contribution in [1.29, 1.82) is 0 Å². The van der Waals surface area contributed by atoms with Crippen LogP contribution in [0.25, 0.3) is 10.8 Å². The van der Waals surface area contributed by atoms with Gasteiger partial charge in [0.15, 0.2) is 0 Å². The Labute approximate surface area is 354 Å². The number of fused-ring (bicyclic) bond motifs is 3. The van der Waals surface area contributed by atoms with E-state index in [1.165, 1.54) is 32.2 Å². The molecule has 4 aliphatic rings. The number of benzene rings is 1. The summed E-state index contributed by atoms with van der Waals surface area (Å²) in [6.45, 7) is 3.94. The van der Waals surface area contributed by atoms with Crippen molar-refractivity contribution >= 4 is 44.6 Å². The number of allylic oxidation sites excluding steroid dienone is 1. The number of aromatic nitrogens is 1. The van der Waals surface area contributed by atoms with E-state index in [-0.39, 0.29) is 48.1 Å². The smallest absolute Gasteiger partial charge is 0.433 e. The van der Waals surface area contributed by atoms with Crippen molar-refractivity contribution in [3.05, 3.63) is 42.1 Å². The highest BCUT2D eigenvalue weighted by Crippen LogP contribution is 2.48. The van der Waals surface area contributed by atoms with E-state index >= 15 is 13.6 Å². The summed E-state index contributed by atoms with van der Waals surface area (Å²) in [5, 5.41) is 13.3. The van der Waals surface area contributed by atoms with Crippen LogP contribution in [-0.4, -0.2) is 112 Å². The number of carboxylic acid groups (broad SMARTS) is 1. The number of carbonyl (C=O) groups excluding carboxylic acids is 3. The lowest BCUT2D eigenvalue weighted by atomic mass is 9.84. The normalized spacial score (nSPS) is 28.2. The largest absolute Gasteiger partial charge is 0.497 e. The van der Waals surface area contributed by atoms with Crippen LogP contribution in [0.2, 0.25) is 0 Å². The molecule has 3 N–H and O–H groups in total. The fourth-order valence-corrected chi connectivity index (χ4v) is 9.96. The maximum atomic E-state index is 15.4. The van der Waals surface area contributed by atoms with Crippen LogP contribution in [0.1, 0.15) is 85.3 Å². The van der Waals surface area contributed by atoms with Crippen molar-refractivity contribution < 1.29 is 68.5 Å². The predicted octanol–water partition coefficient (Wildman–Crippen LogP) is 6.23. The van der Waals surface area contributed by atoms with Gasteiger partial charge in [0.05, 0.1) is 13.7 Å². The SMILES string of the molecule is COc1ccc2c(O[C@@H]3C[C@H]4C(=O)N[C@]5(C(=O)NS(=O)(=O)C6(CF)CC6)C[C@H]5C=CCC[C@H](C)C[C@@H](C)[C@H](N(C(=O)O)C(C)(C)C(C)(F)F)C(=O)N4C3)nc(C(F)(F)F)cc2c1. The van der Waals surface area contributed by atoms with E-state index in [9.17, 15) is 45.5 Å². The van der Waals surface area contributed by atoms with E-state index in [0.29, 0.717) is 24.7 Å². The molecule has 2 aromatic rings. The Bertz CT molecular complexity index is 2250. The van der Waals surface area contributed by atoms with Crippen LogP contribution in [0.3, 0.4) is 0 Å². The molecular formula is C41H51F6N5O9S. The van der Waals surface area contributed by atoms with E-state index in [1.807, 2.05) is 11.6 Å². The molecule has 14 nitrogen and oxygen atoms in total. The van der Waals surface area contributed by atoms with Crippen LogP contribution in [0.15, 0.2) is 36.4 Å². The van der Waals surface area contributed by atoms with Gasteiger partial charge in [0.2, 0.25) is 27.7 Å². The Morgan fingerprint density at radius 1 is 1.08 bits per heavy atom. The fraction of sp³-hybridized carbons (Fsp3) is 0.634. The zero-order valence-electron chi connectivity index (χ0n) is 35.0. The standard InChI is InChI=1S/C41H51F6N5O9S/c1-22-9-7-8-10-25-19-40(25,35(55)50-62(58,59)39(21-42)13-14-39)49-32(53)29-18-27(61-33-28-12-11-26(60-6)16-24(28)17-30(48-33)41(45,46)47)20-51(29)34(54)31(23(2)15-22)52(36(56)57)37(3,4)38(5,43)44/h8,10-12,16-17,22-23,25,27,29,31H,7,9,13-15,18-21H2,1-6H3,(H,49,53)(H,50,55)(H,56,57)/t22-,23+,25+,27+,29-,31-,40+/m0/s1. The Morgan fingerprint density at radius 3 is 2.34 bits per heavy atom. The molecule has 3 fully saturated rings. The van der Waals surface area contributed by atoms with Crippen LogP contribution in [0.4, 0.5) is 31.1 Å². The summed E-state index contributed by atoms with van der Waals surface area (Å²) in [5.41, 5.74) is -5.77. The third-order valence-electron chi connectivity index (χ3n) is 13.0. The number of ether oxygens (including phenoxy) is 2. The van der Waals surface area contributed by atoms with Gasteiger partial charge < -0.3 is 24.8 Å². The van der Waals surface area contributed by atoms with Crippen molar-refractivity contribution in [3.8, 4) is 11.6 Å². The molecule has 2 saturated carbocycles. The highest BCUT2D eigenvalue weighted by atomic mass is 32.2. The first-order chi connectivity index (χ1) is 28.7. The molecule has 0 unspecified atom stereocenters. The summed E-state index contributed by atoms with van der Waals surface area (Å²) in [5.74, 6) is -9.28. The first-order valence-corrected chi connectivity index (χ1v) is 21.7. The first kappa shape index (κ1) is 46.7. The summed E-state index contributed by atoms with van der Waals surface area (Å²) < 4.78 is 125. The predicted molar refractivity (Wildman–Crippen MR) is 211 cm³/mol. The highest BCUT2D eigenvalue weighted by Gasteiger charge is 2.64. The Hall–Kier alpha value is -4.82. The van der Waals surface area contributed by atoms with Gasteiger partial charge in [0.1, 0.15) is 52.1 Å². The fourth-order valence-electron chi connectivity index (χ4n) is 8.54. The second kappa shape index (κ2) is 16.4. The zero-order valence-corrected chi connectivity index (χ0v) is 35.8. The molecule has 342 valence electrons. The molecule has 6 rings (SSSR count). The van der Waals surface area contributed by atoms with E-state index in [1.54, 1.807) is 12.2 Å². The first-order valence-electron chi connectivity index (χ1n) is 20.3. The molecule has 0 bridgehead atoms. The van der Waals surface area contributed by atoms with Gasteiger partial charge in [-0.2, -0.15) is 13.2 Å². The lowest BCUT2D eigenvalue weighted by molar-refractivity contribution is -0.156.